The highest BCUT2D eigenvalue weighted by Gasteiger charge is 2.13. The first-order chi connectivity index (χ1) is 6.85. The van der Waals surface area contributed by atoms with E-state index in [9.17, 15) is 17.2 Å². The summed E-state index contributed by atoms with van der Waals surface area (Å²) in [6.45, 7) is 1.42. The molecule has 0 aliphatic heterocycles. The Kier molecular flexibility index (Phi) is 3.67. The summed E-state index contributed by atoms with van der Waals surface area (Å²) >= 11 is 2.83. The molecule has 1 aromatic rings. The van der Waals surface area contributed by atoms with Crippen molar-refractivity contribution in [3.05, 3.63) is 28.2 Å². The Labute approximate surface area is 94.7 Å². The van der Waals surface area contributed by atoms with Crippen molar-refractivity contribution in [2.45, 2.75) is 6.92 Å². The van der Waals surface area contributed by atoms with Gasteiger partial charge >= 0.3 is 0 Å². The van der Waals surface area contributed by atoms with Gasteiger partial charge in [-0.25, -0.2) is 17.2 Å². The Bertz CT molecular complexity index is 476. The minimum absolute atomic E-state index is 0.00213. The maximum atomic E-state index is 13.1. The van der Waals surface area contributed by atoms with E-state index < -0.39 is 21.7 Å². The van der Waals surface area contributed by atoms with Crippen LogP contribution in [0.2, 0.25) is 0 Å². The van der Waals surface area contributed by atoms with Crippen molar-refractivity contribution in [3.63, 3.8) is 0 Å². The van der Waals surface area contributed by atoms with Gasteiger partial charge in [0.2, 0.25) is 10.0 Å². The molecule has 1 rings (SSSR count). The number of anilines is 1. The number of benzene rings is 1. The van der Waals surface area contributed by atoms with E-state index in [1.54, 1.807) is 0 Å². The topological polar surface area (TPSA) is 46.2 Å². The molecule has 0 aliphatic rings. The first-order valence-electron chi connectivity index (χ1n) is 4.00. The summed E-state index contributed by atoms with van der Waals surface area (Å²) in [4.78, 5) is 0. The van der Waals surface area contributed by atoms with Crippen LogP contribution in [-0.4, -0.2) is 14.2 Å². The van der Waals surface area contributed by atoms with Gasteiger partial charge in [0.15, 0.2) is 0 Å². The molecule has 3 nitrogen and oxygen atoms in total. The quantitative estimate of drug-likeness (QED) is 0.872. The molecule has 0 unspecified atom stereocenters. The van der Waals surface area contributed by atoms with Gasteiger partial charge in [0.25, 0.3) is 0 Å². The summed E-state index contributed by atoms with van der Waals surface area (Å²) in [7, 11) is -3.56. The fourth-order valence-electron chi connectivity index (χ4n) is 0.840. The summed E-state index contributed by atoms with van der Waals surface area (Å²) in [5.41, 5.74) is -0.273. The van der Waals surface area contributed by atoms with Gasteiger partial charge in [0.05, 0.1) is 15.9 Å². The van der Waals surface area contributed by atoms with Crippen molar-refractivity contribution >= 4 is 31.6 Å². The van der Waals surface area contributed by atoms with Gasteiger partial charge in [-0.2, -0.15) is 0 Å². The average Bonchev–Trinajstić information content (AvgIpc) is 2.14. The van der Waals surface area contributed by atoms with Crippen LogP contribution in [0.3, 0.4) is 0 Å². The first kappa shape index (κ1) is 12.4. The summed E-state index contributed by atoms with van der Waals surface area (Å²) in [6.07, 6.45) is 0. The Balaban J connectivity index is 3.12. The molecule has 0 aliphatic carbocycles. The number of nitrogens with one attached hydrogen (secondary N) is 1. The first-order valence-corrected chi connectivity index (χ1v) is 6.45. The van der Waals surface area contributed by atoms with Crippen molar-refractivity contribution in [3.8, 4) is 0 Å². The van der Waals surface area contributed by atoms with Crippen LogP contribution in [-0.2, 0) is 10.0 Å². The van der Waals surface area contributed by atoms with E-state index in [4.69, 9.17) is 0 Å². The predicted octanol–water partition coefficient (Wildman–Crippen LogP) is 2.49. The maximum Gasteiger partial charge on any atom is 0.232 e. The van der Waals surface area contributed by atoms with Crippen molar-refractivity contribution < 1.29 is 17.2 Å². The van der Waals surface area contributed by atoms with Crippen LogP contribution in [0.1, 0.15) is 6.92 Å². The summed E-state index contributed by atoms with van der Waals surface area (Å²) in [6, 6.07) is 1.65. The molecular formula is C8H8BrF2NO2S. The minimum Gasteiger partial charge on any atom is -0.281 e. The minimum atomic E-state index is -3.56. The zero-order chi connectivity index (χ0) is 11.6. The van der Waals surface area contributed by atoms with Crippen molar-refractivity contribution in [1.82, 2.24) is 0 Å². The second kappa shape index (κ2) is 4.44. The lowest BCUT2D eigenvalue weighted by Crippen LogP contribution is -2.15. The Morgan fingerprint density at radius 2 is 1.93 bits per heavy atom. The van der Waals surface area contributed by atoms with Crippen molar-refractivity contribution in [1.29, 1.82) is 0 Å². The third kappa shape index (κ3) is 3.13. The monoisotopic (exact) mass is 299 g/mol. The molecule has 0 amide bonds. The van der Waals surface area contributed by atoms with Gasteiger partial charge in [-0.1, -0.05) is 0 Å². The van der Waals surface area contributed by atoms with Crippen LogP contribution in [0.4, 0.5) is 14.5 Å². The Morgan fingerprint density at radius 3 is 2.47 bits per heavy atom. The zero-order valence-corrected chi connectivity index (χ0v) is 10.1. The average molecular weight is 300 g/mol. The molecule has 0 aromatic heterocycles. The second-order valence-electron chi connectivity index (χ2n) is 2.75. The van der Waals surface area contributed by atoms with Gasteiger partial charge in [-0.15, -0.1) is 0 Å². The fraction of sp³-hybridized carbons (Fsp3) is 0.250. The molecule has 0 heterocycles. The third-order valence-electron chi connectivity index (χ3n) is 1.66. The molecule has 0 atom stereocenters. The molecule has 15 heavy (non-hydrogen) atoms. The molecule has 0 bridgehead atoms. The van der Waals surface area contributed by atoms with E-state index in [-0.39, 0.29) is 15.9 Å². The van der Waals surface area contributed by atoms with E-state index in [0.29, 0.717) is 6.07 Å². The molecule has 0 fully saturated rings. The predicted molar refractivity (Wildman–Crippen MR) is 57.1 cm³/mol. The molecule has 0 radical (unpaired) electrons. The standard InChI is InChI=1S/C8H8BrF2NO2S/c1-2-15(13,14)12-8-3-5(9)6(10)4-7(8)11/h3-4,12H,2H2,1H3. The van der Waals surface area contributed by atoms with Crippen LogP contribution in [0.25, 0.3) is 0 Å². The van der Waals surface area contributed by atoms with Crippen LogP contribution in [0.15, 0.2) is 16.6 Å². The highest BCUT2D eigenvalue weighted by molar-refractivity contribution is 9.10. The molecule has 7 heteroatoms. The number of halogens is 3. The van der Waals surface area contributed by atoms with Gasteiger partial charge < -0.3 is 0 Å². The summed E-state index contributed by atoms with van der Waals surface area (Å²) < 4.78 is 50.2. The SMILES string of the molecule is CCS(=O)(=O)Nc1cc(Br)c(F)cc1F. The third-order valence-corrected chi connectivity index (χ3v) is 3.55. The number of sulfonamides is 1. The highest BCUT2D eigenvalue weighted by atomic mass is 79.9. The van der Waals surface area contributed by atoms with E-state index in [1.807, 2.05) is 4.72 Å². The lowest BCUT2D eigenvalue weighted by molar-refractivity contribution is 0.579. The van der Waals surface area contributed by atoms with Crippen molar-refractivity contribution in [2.24, 2.45) is 0 Å². The van der Waals surface area contributed by atoms with Crippen molar-refractivity contribution in [2.75, 3.05) is 10.5 Å². The van der Waals surface area contributed by atoms with Crippen LogP contribution >= 0.6 is 15.9 Å². The number of hydrogen-bond acceptors (Lipinski definition) is 2. The van der Waals surface area contributed by atoms with Crippen LogP contribution in [0, 0.1) is 11.6 Å². The van der Waals surface area contributed by atoms with Gasteiger partial charge in [0, 0.05) is 6.07 Å². The Morgan fingerprint density at radius 1 is 1.33 bits per heavy atom. The normalized spacial score (nSPS) is 11.5. The lowest BCUT2D eigenvalue weighted by Gasteiger charge is -2.07. The largest absolute Gasteiger partial charge is 0.281 e. The molecular weight excluding hydrogens is 292 g/mol. The highest BCUT2D eigenvalue weighted by Crippen LogP contribution is 2.24. The smallest absolute Gasteiger partial charge is 0.232 e. The second-order valence-corrected chi connectivity index (χ2v) is 5.62. The fourth-order valence-corrected chi connectivity index (χ4v) is 1.82. The number of hydrogen-bond donors (Lipinski definition) is 1. The summed E-state index contributed by atoms with van der Waals surface area (Å²) in [5, 5.41) is 0. The molecule has 0 spiro atoms. The zero-order valence-electron chi connectivity index (χ0n) is 7.72. The molecule has 0 saturated carbocycles. The molecule has 1 N–H and O–H groups in total. The van der Waals surface area contributed by atoms with Crippen LogP contribution in [0.5, 0.6) is 0 Å². The molecule has 1 aromatic carbocycles. The van der Waals surface area contributed by atoms with E-state index in [1.165, 1.54) is 6.92 Å². The van der Waals surface area contributed by atoms with Gasteiger partial charge in [-0.3, -0.25) is 4.72 Å². The van der Waals surface area contributed by atoms with Gasteiger partial charge in [-0.05, 0) is 28.9 Å². The lowest BCUT2D eigenvalue weighted by atomic mass is 10.3. The maximum absolute atomic E-state index is 13.1. The van der Waals surface area contributed by atoms with E-state index >= 15 is 0 Å². The number of rotatable bonds is 3. The van der Waals surface area contributed by atoms with E-state index in [2.05, 4.69) is 15.9 Å². The van der Waals surface area contributed by atoms with Crippen LogP contribution < -0.4 is 4.72 Å². The van der Waals surface area contributed by atoms with E-state index in [0.717, 1.165) is 6.07 Å². The molecule has 0 saturated heterocycles. The Hall–Kier alpha value is -0.690. The van der Waals surface area contributed by atoms with Gasteiger partial charge in [0.1, 0.15) is 11.6 Å². The molecule has 84 valence electrons. The summed E-state index contributed by atoms with van der Waals surface area (Å²) in [5.74, 6) is -1.92.